The summed E-state index contributed by atoms with van der Waals surface area (Å²) < 4.78 is 0. The zero-order chi connectivity index (χ0) is 16.5. The maximum atomic E-state index is 12.9. The van der Waals surface area contributed by atoms with Crippen LogP contribution in [0.4, 0.5) is 5.69 Å². The summed E-state index contributed by atoms with van der Waals surface area (Å²) in [7, 11) is 0. The molecule has 1 saturated carbocycles. The first-order chi connectivity index (χ1) is 11.7. The molecule has 0 N–H and O–H groups in total. The van der Waals surface area contributed by atoms with E-state index in [0.29, 0.717) is 12.6 Å². The van der Waals surface area contributed by atoms with Crippen LogP contribution in [0.5, 0.6) is 0 Å². The van der Waals surface area contributed by atoms with Crippen molar-refractivity contribution in [3.8, 4) is 0 Å². The Kier molecular flexibility index (Phi) is 4.30. The Bertz CT molecular complexity index is 740. The molecule has 2 aromatic rings. The third-order valence-electron chi connectivity index (χ3n) is 4.89. The Balaban J connectivity index is 1.46. The first-order valence-corrected chi connectivity index (χ1v) is 8.95. The van der Waals surface area contributed by atoms with Gasteiger partial charge in [-0.05, 0) is 48.6 Å². The molecule has 1 aliphatic heterocycles. The standard InChI is InChI=1S/C20H21ClN2O/c21-17-7-5-15(6-8-17)13-22(18-9-10-18)14-20(24)23-12-11-16-3-1-2-4-19(16)23/h1-8,18H,9-14H2. The number of nitrogens with zero attached hydrogens (tertiary/aromatic N) is 2. The number of amides is 1. The van der Waals surface area contributed by atoms with Crippen LogP contribution >= 0.6 is 11.6 Å². The topological polar surface area (TPSA) is 23.6 Å². The van der Waals surface area contributed by atoms with E-state index >= 15 is 0 Å². The molecule has 1 heterocycles. The molecular formula is C20H21ClN2O. The molecule has 1 fully saturated rings. The van der Waals surface area contributed by atoms with Crippen LogP contribution in [0, 0.1) is 0 Å². The van der Waals surface area contributed by atoms with Gasteiger partial charge in [0.25, 0.3) is 0 Å². The second-order valence-corrected chi connectivity index (χ2v) is 7.12. The fraction of sp³-hybridized carbons (Fsp3) is 0.350. The van der Waals surface area contributed by atoms with Crippen LogP contribution in [-0.2, 0) is 17.8 Å². The largest absolute Gasteiger partial charge is 0.311 e. The van der Waals surface area contributed by atoms with Gasteiger partial charge in [-0.25, -0.2) is 0 Å². The summed E-state index contributed by atoms with van der Waals surface area (Å²) in [5, 5.41) is 0.751. The van der Waals surface area contributed by atoms with E-state index in [-0.39, 0.29) is 5.91 Å². The number of hydrogen-bond acceptors (Lipinski definition) is 2. The molecule has 0 spiro atoms. The third-order valence-corrected chi connectivity index (χ3v) is 5.14. The van der Waals surface area contributed by atoms with Crippen molar-refractivity contribution in [2.75, 3.05) is 18.0 Å². The molecule has 2 aromatic carbocycles. The van der Waals surface area contributed by atoms with E-state index in [0.717, 1.165) is 30.2 Å². The number of hydrogen-bond donors (Lipinski definition) is 0. The van der Waals surface area contributed by atoms with Crippen molar-refractivity contribution in [3.63, 3.8) is 0 Å². The van der Waals surface area contributed by atoms with Crippen molar-refractivity contribution < 1.29 is 4.79 Å². The van der Waals surface area contributed by atoms with Gasteiger partial charge >= 0.3 is 0 Å². The van der Waals surface area contributed by atoms with Gasteiger partial charge in [0.15, 0.2) is 0 Å². The lowest BCUT2D eigenvalue weighted by atomic mass is 10.2. The molecule has 24 heavy (non-hydrogen) atoms. The molecule has 2 aliphatic rings. The van der Waals surface area contributed by atoms with E-state index in [9.17, 15) is 4.79 Å². The van der Waals surface area contributed by atoms with Gasteiger partial charge in [-0.3, -0.25) is 9.69 Å². The highest BCUT2D eigenvalue weighted by Crippen LogP contribution is 2.31. The van der Waals surface area contributed by atoms with Gasteiger partial charge in [0.2, 0.25) is 5.91 Å². The van der Waals surface area contributed by atoms with Gasteiger partial charge in [-0.2, -0.15) is 0 Å². The SMILES string of the molecule is O=C(CN(Cc1ccc(Cl)cc1)C1CC1)N1CCc2ccccc21. The number of para-hydroxylation sites is 1. The predicted octanol–water partition coefficient (Wildman–Crippen LogP) is 3.89. The number of benzene rings is 2. The van der Waals surface area contributed by atoms with Crippen LogP contribution < -0.4 is 4.90 Å². The fourth-order valence-electron chi connectivity index (χ4n) is 3.43. The lowest BCUT2D eigenvalue weighted by molar-refractivity contribution is -0.119. The first kappa shape index (κ1) is 15.7. The molecule has 0 aromatic heterocycles. The van der Waals surface area contributed by atoms with E-state index in [1.54, 1.807) is 0 Å². The van der Waals surface area contributed by atoms with E-state index in [4.69, 9.17) is 11.6 Å². The van der Waals surface area contributed by atoms with Crippen LogP contribution in [0.25, 0.3) is 0 Å². The Morgan fingerprint density at radius 3 is 2.62 bits per heavy atom. The summed E-state index contributed by atoms with van der Waals surface area (Å²) >= 11 is 5.97. The number of carbonyl (C=O) groups excluding carboxylic acids is 1. The zero-order valence-corrected chi connectivity index (χ0v) is 14.4. The molecule has 0 unspecified atom stereocenters. The molecule has 0 saturated heterocycles. The van der Waals surface area contributed by atoms with Crippen LogP contribution in [0.1, 0.15) is 24.0 Å². The summed E-state index contributed by atoms with van der Waals surface area (Å²) in [6.07, 6.45) is 3.34. The van der Waals surface area contributed by atoms with E-state index in [2.05, 4.69) is 17.0 Å². The van der Waals surface area contributed by atoms with E-state index < -0.39 is 0 Å². The van der Waals surface area contributed by atoms with E-state index in [1.807, 2.05) is 41.3 Å². The van der Waals surface area contributed by atoms with Gasteiger partial charge in [0, 0.05) is 29.8 Å². The minimum absolute atomic E-state index is 0.209. The Labute approximate surface area is 147 Å². The van der Waals surface area contributed by atoms with Crippen molar-refractivity contribution in [1.82, 2.24) is 4.90 Å². The summed E-state index contributed by atoms with van der Waals surface area (Å²) in [6, 6.07) is 16.7. The summed E-state index contributed by atoms with van der Waals surface area (Å²) in [5.74, 6) is 0.209. The predicted molar refractivity (Wildman–Crippen MR) is 97.4 cm³/mol. The quantitative estimate of drug-likeness (QED) is 0.824. The second kappa shape index (κ2) is 6.58. The van der Waals surface area contributed by atoms with Crippen molar-refractivity contribution in [2.45, 2.75) is 31.8 Å². The Morgan fingerprint density at radius 2 is 1.88 bits per heavy atom. The molecule has 1 aliphatic carbocycles. The molecule has 0 atom stereocenters. The van der Waals surface area contributed by atoms with E-state index in [1.165, 1.54) is 24.0 Å². The zero-order valence-electron chi connectivity index (χ0n) is 13.6. The van der Waals surface area contributed by atoms with Crippen molar-refractivity contribution >= 4 is 23.2 Å². The first-order valence-electron chi connectivity index (χ1n) is 8.57. The highest BCUT2D eigenvalue weighted by molar-refractivity contribution is 6.30. The van der Waals surface area contributed by atoms with Gasteiger partial charge in [-0.1, -0.05) is 41.9 Å². The summed E-state index contributed by atoms with van der Waals surface area (Å²) in [6.45, 7) is 2.10. The molecule has 4 rings (SSSR count). The van der Waals surface area contributed by atoms with Gasteiger partial charge < -0.3 is 4.90 Å². The number of halogens is 1. The molecule has 124 valence electrons. The fourth-order valence-corrected chi connectivity index (χ4v) is 3.56. The summed E-state index contributed by atoms with van der Waals surface area (Å²) in [4.78, 5) is 17.1. The molecule has 4 heteroatoms. The number of carbonyl (C=O) groups is 1. The average Bonchev–Trinajstić information content (AvgIpc) is 3.35. The van der Waals surface area contributed by atoms with Crippen LogP contribution in [-0.4, -0.2) is 29.9 Å². The molecule has 3 nitrogen and oxygen atoms in total. The monoisotopic (exact) mass is 340 g/mol. The molecule has 0 radical (unpaired) electrons. The highest BCUT2D eigenvalue weighted by Gasteiger charge is 2.33. The lowest BCUT2D eigenvalue weighted by Crippen LogP contribution is -2.40. The summed E-state index contributed by atoms with van der Waals surface area (Å²) in [5.41, 5.74) is 3.58. The van der Waals surface area contributed by atoms with Gasteiger partial charge in [0.05, 0.1) is 6.54 Å². The van der Waals surface area contributed by atoms with Crippen molar-refractivity contribution in [3.05, 3.63) is 64.7 Å². The third kappa shape index (κ3) is 3.33. The highest BCUT2D eigenvalue weighted by atomic mass is 35.5. The van der Waals surface area contributed by atoms with Crippen molar-refractivity contribution in [1.29, 1.82) is 0 Å². The number of fused-ring (bicyclic) bond motifs is 1. The number of anilines is 1. The van der Waals surface area contributed by atoms with Crippen LogP contribution in [0.2, 0.25) is 5.02 Å². The van der Waals surface area contributed by atoms with Crippen molar-refractivity contribution in [2.24, 2.45) is 0 Å². The minimum atomic E-state index is 0.209. The van der Waals surface area contributed by atoms with Crippen LogP contribution in [0.3, 0.4) is 0 Å². The molecule has 1 amide bonds. The van der Waals surface area contributed by atoms with Gasteiger partial charge in [-0.15, -0.1) is 0 Å². The lowest BCUT2D eigenvalue weighted by Gasteiger charge is -2.25. The molecule has 0 bridgehead atoms. The molecular weight excluding hydrogens is 320 g/mol. The minimum Gasteiger partial charge on any atom is -0.311 e. The maximum absolute atomic E-state index is 12.9. The maximum Gasteiger partial charge on any atom is 0.241 e. The van der Waals surface area contributed by atoms with Crippen LogP contribution in [0.15, 0.2) is 48.5 Å². The normalized spacial score (nSPS) is 16.5. The average molecular weight is 341 g/mol. The second-order valence-electron chi connectivity index (χ2n) is 6.69. The Hall–Kier alpha value is -1.84. The smallest absolute Gasteiger partial charge is 0.241 e. The number of rotatable bonds is 5. The Morgan fingerprint density at radius 1 is 1.12 bits per heavy atom. The van der Waals surface area contributed by atoms with Gasteiger partial charge in [0.1, 0.15) is 0 Å².